The fraction of sp³-hybridized carbons (Fsp3) is 0.579. The molecule has 0 spiro atoms. The zero-order valence-electron chi connectivity index (χ0n) is 16.8. The van der Waals surface area contributed by atoms with Crippen LogP contribution in [-0.4, -0.2) is 62.3 Å². The third-order valence-electron chi connectivity index (χ3n) is 4.39. The number of carbonyl (C=O) groups excluding carboxylic acids is 1. The Bertz CT molecular complexity index is 619. The standard InChI is InChI=1S/C19H31N5O3.HI/c1-4-21-19(23-15-9-11-24(12-10-15)18(20)25)22-13-14(2)27-17-7-5-16(26-3)6-8-17;/h5-8,14-15H,4,9-13H2,1-3H3,(H2,20,25)(H2,21,22,23);1H. The molecule has 0 radical (unpaired) electrons. The number of rotatable bonds is 7. The molecule has 1 aromatic carbocycles. The summed E-state index contributed by atoms with van der Waals surface area (Å²) in [6, 6.07) is 7.43. The number of hydrogen-bond donors (Lipinski definition) is 3. The molecule has 0 aromatic heterocycles. The molecule has 0 bridgehead atoms. The van der Waals surface area contributed by atoms with Gasteiger partial charge in [0.2, 0.25) is 0 Å². The molecule has 1 aromatic rings. The third kappa shape index (κ3) is 7.99. The molecule has 1 saturated heterocycles. The van der Waals surface area contributed by atoms with E-state index >= 15 is 0 Å². The lowest BCUT2D eigenvalue weighted by Gasteiger charge is -2.32. The first-order chi connectivity index (χ1) is 13.0. The Kier molecular flexibility index (Phi) is 10.8. The zero-order valence-corrected chi connectivity index (χ0v) is 19.1. The molecule has 9 heteroatoms. The smallest absolute Gasteiger partial charge is 0.314 e. The predicted octanol–water partition coefficient (Wildman–Crippen LogP) is 2.18. The molecule has 0 aliphatic carbocycles. The molecule has 4 N–H and O–H groups in total. The van der Waals surface area contributed by atoms with Crippen molar-refractivity contribution in [2.75, 3.05) is 33.3 Å². The summed E-state index contributed by atoms with van der Waals surface area (Å²) in [6.45, 7) is 6.67. The van der Waals surface area contributed by atoms with Crippen LogP contribution >= 0.6 is 24.0 Å². The fourth-order valence-corrected chi connectivity index (χ4v) is 2.90. The number of carbonyl (C=O) groups is 1. The van der Waals surface area contributed by atoms with Crippen molar-refractivity contribution in [1.82, 2.24) is 15.5 Å². The first-order valence-electron chi connectivity index (χ1n) is 9.41. The predicted molar refractivity (Wildman–Crippen MR) is 122 cm³/mol. The molecule has 1 aliphatic heterocycles. The maximum atomic E-state index is 11.2. The number of urea groups is 1. The van der Waals surface area contributed by atoms with E-state index in [1.54, 1.807) is 12.0 Å². The van der Waals surface area contributed by atoms with Gasteiger partial charge in [-0.1, -0.05) is 0 Å². The van der Waals surface area contributed by atoms with Gasteiger partial charge in [-0.25, -0.2) is 9.79 Å². The number of guanidine groups is 1. The van der Waals surface area contributed by atoms with Crippen LogP contribution in [0.5, 0.6) is 11.5 Å². The van der Waals surface area contributed by atoms with Gasteiger partial charge < -0.3 is 30.7 Å². The molecule has 2 rings (SSSR count). The summed E-state index contributed by atoms with van der Waals surface area (Å²) in [7, 11) is 1.64. The molecule has 1 heterocycles. The van der Waals surface area contributed by atoms with Crippen molar-refractivity contribution in [3.8, 4) is 11.5 Å². The van der Waals surface area contributed by atoms with E-state index in [2.05, 4.69) is 15.6 Å². The lowest BCUT2D eigenvalue weighted by molar-refractivity contribution is 0.188. The third-order valence-corrected chi connectivity index (χ3v) is 4.39. The minimum Gasteiger partial charge on any atom is -0.497 e. The number of halogens is 1. The maximum absolute atomic E-state index is 11.2. The average molecular weight is 505 g/mol. The minimum absolute atomic E-state index is 0. The highest BCUT2D eigenvalue weighted by atomic mass is 127. The second kappa shape index (κ2) is 12.5. The van der Waals surface area contributed by atoms with Gasteiger partial charge in [0.15, 0.2) is 5.96 Å². The summed E-state index contributed by atoms with van der Waals surface area (Å²) >= 11 is 0. The van der Waals surface area contributed by atoms with Gasteiger partial charge in [-0.05, 0) is 51.0 Å². The van der Waals surface area contributed by atoms with Gasteiger partial charge in [-0.15, -0.1) is 24.0 Å². The van der Waals surface area contributed by atoms with Crippen LogP contribution in [-0.2, 0) is 0 Å². The summed E-state index contributed by atoms with van der Waals surface area (Å²) in [4.78, 5) is 17.5. The molecular weight excluding hydrogens is 473 g/mol. The molecule has 0 saturated carbocycles. The lowest BCUT2D eigenvalue weighted by atomic mass is 10.1. The number of piperidine rings is 1. The maximum Gasteiger partial charge on any atom is 0.314 e. The molecule has 2 amide bonds. The number of nitrogens with zero attached hydrogens (tertiary/aromatic N) is 2. The van der Waals surface area contributed by atoms with Crippen LogP contribution in [0.2, 0.25) is 0 Å². The Hall–Kier alpha value is -1.91. The van der Waals surface area contributed by atoms with Gasteiger partial charge in [-0.2, -0.15) is 0 Å². The highest BCUT2D eigenvalue weighted by Crippen LogP contribution is 2.18. The van der Waals surface area contributed by atoms with Crippen molar-refractivity contribution < 1.29 is 14.3 Å². The van der Waals surface area contributed by atoms with Gasteiger partial charge in [0.05, 0.1) is 13.7 Å². The quantitative estimate of drug-likeness (QED) is 0.300. The Balaban J connectivity index is 0.00000392. The van der Waals surface area contributed by atoms with Crippen LogP contribution in [0, 0.1) is 0 Å². The fourth-order valence-electron chi connectivity index (χ4n) is 2.90. The van der Waals surface area contributed by atoms with E-state index < -0.39 is 0 Å². The monoisotopic (exact) mass is 505 g/mol. The van der Waals surface area contributed by atoms with Gasteiger partial charge >= 0.3 is 6.03 Å². The van der Waals surface area contributed by atoms with Crippen LogP contribution in [0.3, 0.4) is 0 Å². The van der Waals surface area contributed by atoms with Gasteiger partial charge in [0.1, 0.15) is 17.6 Å². The van der Waals surface area contributed by atoms with E-state index in [0.29, 0.717) is 19.6 Å². The minimum atomic E-state index is -0.349. The summed E-state index contributed by atoms with van der Waals surface area (Å²) < 4.78 is 11.0. The normalized spacial score (nSPS) is 16.0. The number of nitrogens with one attached hydrogen (secondary N) is 2. The van der Waals surface area contributed by atoms with E-state index in [4.69, 9.17) is 15.2 Å². The topological polar surface area (TPSA) is 101 Å². The van der Waals surface area contributed by atoms with Gasteiger partial charge in [0, 0.05) is 25.7 Å². The Morgan fingerprint density at radius 3 is 2.43 bits per heavy atom. The Morgan fingerprint density at radius 1 is 1.29 bits per heavy atom. The number of ether oxygens (including phenoxy) is 2. The van der Waals surface area contributed by atoms with E-state index in [-0.39, 0.29) is 42.2 Å². The number of primary amides is 1. The van der Waals surface area contributed by atoms with Crippen molar-refractivity contribution in [2.45, 2.75) is 38.8 Å². The number of aliphatic imine (C=N–C) groups is 1. The van der Waals surface area contributed by atoms with Crippen molar-refractivity contribution >= 4 is 36.0 Å². The van der Waals surface area contributed by atoms with Crippen LogP contribution < -0.4 is 25.8 Å². The van der Waals surface area contributed by atoms with Crippen LogP contribution in [0.4, 0.5) is 4.79 Å². The molecule has 1 fully saturated rings. The average Bonchev–Trinajstić information content (AvgIpc) is 2.67. The van der Waals surface area contributed by atoms with Crippen molar-refractivity contribution in [3.05, 3.63) is 24.3 Å². The van der Waals surface area contributed by atoms with E-state index in [0.717, 1.165) is 36.8 Å². The second-order valence-corrected chi connectivity index (χ2v) is 6.57. The van der Waals surface area contributed by atoms with Crippen LogP contribution in [0.1, 0.15) is 26.7 Å². The van der Waals surface area contributed by atoms with Crippen LogP contribution in [0.25, 0.3) is 0 Å². The Labute approximate surface area is 184 Å². The number of likely N-dealkylation sites (tertiary alicyclic amines) is 1. The highest BCUT2D eigenvalue weighted by Gasteiger charge is 2.21. The molecule has 1 unspecified atom stereocenters. The van der Waals surface area contributed by atoms with Crippen LogP contribution in [0.15, 0.2) is 29.3 Å². The first kappa shape index (κ1) is 24.1. The first-order valence-corrected chi connectivity index (χ1v) is 9.41. The number of hydrogen-bond acceptors (Lipinski definition) is 4. The molecule has 8 nitrogen and oxygen atoms in total. The van der Waals surface area contributed by atoms with Gasteiger partial charge in [-0.3, -0.25) is 0 Å². The lowest BCUT2D eigenvalue weighted by Crippen LogP contribution is -2.50. The highest BCUT2D eigenvalue weighted by molar-refractivity contribution is 14.0. The van der Waals surface area contributed by atoms with E-state index in [1.165, 1.54) is 0 Å². The summed E-state index contributed by atoms with van der Waals surface area (Å²) in [6.07, 6.45) is 1.64. The van der Waals surface area contributed by atoms with E-state index in [9.17, 15) is 4.79 Å². The van der Waals surface area contributed by atoms with E-state index in [1.807, 2.05) is 38.1 Å². The molecule has 1 atom stereocenters. The number of nitrogens with two attached hydrogens (primary N) is 1. The summed E-state index contributed by atoms with van der Waals surface area (Å²) in [5.41, 5.74) is 5.33. The number of methoxy groups -OCH3 is 1. The molecule has 28 heavy (non-hydrogen) atoms. The molecule has 1 aliphatic rings. The molecular formula is C19H32IN5O3. The molecule has 158 valence electrons. The van der Waals surface area contributed by atoms with Gasteiger partial charge in [0.25, 0.3) is 0 Å². The summed E-state index contributed by atoms with van der Waals surface area (Å²) in [5, 5.41) is 6.70. The second-order valence-electron chi connectivity index (χ2n) is 6.57. The SMILES string of the molecule is CCNC(=NCC(C)Oc1ccc(OC)cc1)NC1CCN(C(N)=O)CC1.I. The number of amides is 2. The summed E-state index contributed by atoms with van der Waals surface area (Å²) in [5.74, 6) is 2.35. The number of benzene rings is 1. The Morgan fingerprint density at radius 2 is 1.89 bits per heavy atom. The van der Waals surface area contributed by atoms with Crippen molar-refractivity contribution in [3.63, 3.8) is 0 Å². The largest absolute Gasteiger partial charge is 0.497 e. The van der Waals surface area contributed by atoms with Crippen molar-refractivity contribution in [2.24, 2.45) is 10.7 Å². The zero-order chi connectivity index (χ0) is 19.6. The van der Waals surface area contributed by atoms with Crippen molar-refractivity contribution in [1.29, 1.82) is 0 Å².